The third-order valence-electron chi connectivity index (χ3n) is 1.73. The Labute approximate surface area is 102 Å². The average molecular weight is 284 g/mol. The van der Waals surface area contributed by atoms with E-state index in [1.54, 1.807) is 6.92 Å². The van der Waals surface area contributed by atoms with Crippen molar-refractivity contribution in [1.29, 1.82) is 0 Å². The Hall–Kier alpha value is -0.730. The quantitative estimate of drug-likeness (QED) is 0.842. The standard InChI is InChI=1S/C7H10ClN3O3S2/c1-2-16(13,14)4-3-9-5(12)6-10-11-7(8)15-6/h2-4H2,1H3,(H,9,12). The summed E-state index contributed by atoms with van der Waals surface area (Å²) in [6.45, 7) is 1.62. The van der Waals surface area contributed by atoms with E-state index >= 15 is 0 Å². The van der Waals surface area contributed by atoms with Gasteiger partial charge in [0.2, 0.25) is 9.47 Å². The van der Waals surface area contributed by atoms with Gasteiger partial charge in [-0.3, -0.25) is 4.79 Å². The lowest BCUT2D eigenvalue weighted by Crippen LogP contribution is -2.29. The Morgan fingerprint density at radius 1 is 1.50 bits per heavy atom. The minimum absolute atomic E-state index is 0.0617. The summed E-state index contributed by atoms with van der Waals surface area (Å²) < 4.78 is 22.4. The van der Waals surface area contributed by atoms with E-state index in [2.05, 4.69) is 15.5 Å². The second-order valence-electron chi connectivity index (χ2n) is 2.85. The van der Waals surface area contributed by atoms with Crippen LogP contribution in [0.5, 0.6) is 0 Å². The predicted molar refractivity (Wildman–Crippen MR) is 61.6 cm³/mol. The van der Waals surface area contributed by atoms with E-state index in [-0.39, 0.29) is 27.5 Å². The first-order chi connectivity index (χ1) is 7.44. The highest BCUT2D eigenvalue weighted by atomic mass is 35.5. The van der Waals surface area contributed by atoms with Crippen LogP contribution < -0.4 is 5.32 Å². The van der Waals surface area contributed by atoms with E-state index in [4.69, 9.17) is 11.6 Å². The van der Waals surface area contributed by atoms with E-state index in [0.717, 1.165) is 11.3 Å². The van der Waals surface area contributed by atoms with Crippen molar-refractivity contribution < 1.29 is 13.2 Å². The summed E-state index contributed by atoms with van der Waals surface area (Å²) in [6, 6.07) is 0. The Morgan fingerprint density at radius 3 is 2.69 bits per heavy atom. The summed E-state index contributed by atoms with van der Waals surface area (Å²) in [5.74, 6) is -0.481. The molecule has 1 amide bonds. The second-order valence-corrected chi connectivity index (χ2v) is 6.88. The fourth-order valence-electron chi connectivity index (χ4n) is 0.837. The van der Waals surface area contributed by atoms with Gasteiger partial charge >= 0.3 is 0 Å². The largest absolute Gasteiger partial charge is 0.349 e. The van der Waals surface area contributed by atoms with Gasteiger partial charge in [0, 0.05) is 12.3 Å². The lowest BCUT2D eigenvalue weighted by Gasteiger charge is -2.02. The van der Waals surface area contributed by atoms with Crippen LogP contribution in [0.1, 0.15) is 16.7 Å². The van der Waals surface area contributed by atoms with Crippen LogP contribution in [0.25, 0.3) is 0 Å². The van der Waals surface area contributed by atoms with Gasteiger partial charge in [0.1, 0.15) is 0 Å². The van der Waals surface area contributed by atoms with Crippen molar-refractivity contribution in [2.24, 2.45) is 0 Å². The predicted octanol–water partition coefficient (Wildman–Crippen LogP) is 0.356. The molecule has 0 spiro atoms. The number of carbonyl (C=O) groups excluding carboxylic acids is 1. The molecule has 1 N–H and O–H groups in total. The number of nitrogens with one attached hydrogen (secondary N) is 1. The fraction of sp³-hybridized carbons (Fsp3) is 0.571. The molecule has 6 nitrogen and oxygen atoms in total. The molecule has 16 heavy (non-hydrogen) atoms. The number of hydrogen-bond donors (Lipinski definition) is 1. The first-order valence-corrected chi connectivity index (χ1v) is 7.44. The molecule has 0 atom stereocenters. The zero-order valence-electron chi connectivity index (χ0n) is 8.43. The summed E-state index contributed by atoms with van der Waals surface area (Å²) in [4.78, 5) is 11.4. The van der Waals surface area contributed by atoms with Crippen molar-refractivity contribution in [1.82, 2.24) is 15.5 Å². The third-order valence-corrected chi connectivity index (χ3v) is 4.46. The number of hydrogen-bond acceptors (Lipinski definition) is 6. The maximum Gasteiger partial charge on any atom is 0.282 e. The van der Waals surface area contributed by atoms with Crippen LogP contribution in [0.15, 0.2) is 0 Å². The number of halogens is 1. The molecule has 0 saturated carbocycles. The SMILES string of the molecule is CCS(=O)(=O)CCNC(=O)c1nnc(Cl)s1. The van der Waals surface area contributed by atoms with Crippen LogP contribution in [-0.2, 0) is 9.84 Å². The first kappa shape index (κ1) is 13.3. The summed E-state index contributed by atoms with van der Waals surface area (Å²) in [5.41, 5.74) is 0. The zero-order valence-corrected chi connectivity index (χ0v) is 10.8. The van der Waals surface area contributed by atoms with Gasteiger partial charge in [-0.15, -0.1) is 10.2 Å². The van der Waals surface area contributed by atoms with E-state index in [9.17, 15) is 13.2 Å². The van der Waals surface area contributed by atoms with Crippen molar-refractivity contribution in [3.05, 3.63) is 9.47 Å². The topological polar surface area (TPSA) is 89.0 Å². The first-order valence-electron chi connectivity index (χ1n) is 4.42. The molecule has 1 aromatic rings. The van der Waals surface area contributed by atoms with E-state index in [1.807, 2.05) is 0 Å². The molecule has 9 heteroatoms. The highest BCUT2D eigenvalue weighted by Crippen LogP contribution is 2.14. The molecule has 0 bridgehead atoms. The second kappa shape index (κ2) is 5.55. The van der Waals surface area contributed by atoms with Crippen LogP contribution in [0.4, 0.5) is 0 Å². The molecule has 0 saturated heterocycles. The van der Waals surface area contributed by atoms with Gasteiger partial charge in [0.15, 0.2) is 9.84 Å². The highest BCUT2D eigenvalue weighted by molar-refractivity contribution is 7.91. The molecule has 0 aliphatic heterocycles. The average Bonchev–Trinajstić information content (AvgIpc) is 2.64. The van der Waals surface area contributed by atoms with Crippen molar-refractivity contribution in [3.8, 4) is 0 Å². The molecule has 0 fully saturated rings. The van der Waals surface area contributed by atoms with Gasteiger partial charge in [0.25, 0.3) is 5.91 Å². The molecule has 0 aromatic carbocycles. The third kappa shape index (κ3) is 4.03. The van der Waals surface area contributed by atoms with Crippen molar-refractivity contribution >= 4 is 38.7 Å². The van der Waals surface area contributed by atoms with Crippen molar-refractivity contribution in [2.45, 2.75) is 6.92 Å². The summed E-state index contributed by atoms with van der Waals surface area (Å²) in [6.07, 6.45) is 0. The smallest absolute Gasteiger partial charge is 0.282 e. The number of nitrogens with zero attached hydrogens (tertiary/aromatic N) is 2. The van der Waals surface area contributed by atoms with Gasteiger partial charge in [-0.25, -0.2) is 8.42 Å². The van der Waals surface area contributed by atoms with Gasteiger partial charge in [-0.05, 0) is 11.6 Å². The molecule has 1 rings (SSSR count). The molecule has 0 aliphatic rings. The van der Waals surface area contributed by atoms with E-state index in [0.29, 0.717) is 0 Å². The molecule has 0 unspecified atom stereocenters. The molecule has 90 valence electrons. The molecular weight excluding hydrogens is 274 g/mol. The van der Waals surface area contributed by atoms with Gasteiger partial charge < -0.3 is 5.32 Å². The highest BCUT2D eigenvalue weighted by Gasteiger charge is 2.13. The van der Waals surface area contributed by atoms with Crippen LogP contribution >= 0.6 is 22.9 Å². The van der Waals surface area contributed by atoms with Gasteiger partial charge in [-0.1, -0.05) is 18.3 Å². The summed E-state index contributed by atoms with van der Waals surface area (Å²) in [7, 11) is -3.07. The number of aromatic nitrogens is 2. The monoisotopic (exact) mass is 283 g/mol. The van der Waals surface area contributed by atoms with E-state index < -0.39 is 15.7 Å². The molecule has 1 aromatic heterocycles. The molecule has 1 heterocycles. The minimum Gasteiger partial charge on any atom is -0.349 e. The Bertz CT molecular complexity index is 471. The maximum atomic E-state index is 11.4. The molecular formula is C7H10ClN3O3S2. The molecule has 0 aliphatic carbocycles. The lowest BCUT2D eigenvalue weighted by molar-refractivity contribution is 0.0955. The van der Waals surface area contributed by atoms with Crippen LogP contribution in [-0.4, -0.2) is 42.6 Å². The van der Waals surface area contributed by atoms with E-state index in [1.165, 1.54) is 0 Å². The Kier molecular flexibility index (Phi) is 4.63. The number of carbonyl (C=O) groups is 1. The maximum absolute atomic E-state index is 11.4. The molecule has 0 radical (unpaired) electrons. The van der Waals surface area contributed by atoms with Crippen LogP contribution in [0.2, 0.25) is 4.47 Å². The number of amides is 1. The van der Waals surface area contributed by atoms with Gasteiger partial charge in [0.05, 0.1) is 5.75 Å². The zero-order chi connectivity index (χ0) is 12.2. The number of rotatable bonds is 5. The minimum atomic E-state index is -3.07. The van der Waals surface area contributed by atoms with Crippen molar-refractivity contribution in [2.75, 3.05) is 18.1 Å². The Balaban J connectivity index is 2.43. The van der Waals surface area contributed by atoms with Gasteiger partial charge in [-0.2, -0.15) is 0 Å². The lowest BCUT2D eigenvalue weighted by atomic mass is 10.6. The fourth-order valence-corrected chi connectivity index (χ4v) is 2.28. The Morgan fingerprint density at radius 2 is 2.19 bits per heavy atom. The summed E-state index contributed by atoms with van der Waals surface area (Å²) >= 11 is 6.44. The summed E-state index contributed by atoms with van der Waals surface area (Å²) in [5, 5.41) is 9.55. The number of sulfone groups is 1. The normalized spacial score (nSPS) is 11.4. The van der Waals surface area contributed by atoms with Crippen LogP contribution in [0.3, 0.4) is 0 Å². The van der Waals surface area contributed by atoms with Crippen LogP contribution in [0, 0.1) is 0 Å². The van der Waals surface area contributed by atoms with Crippen molar-refractivity contribution in [3.63, 3.8) is 0 Å².